The molecule has 0 bridgehead atoms. The fourth-order valence-corrected chi connectivity index (χ4v) is 8.24. The zero-order chi connectivity index (χ0) is 27.1. The fourth-order valence-electron chi connectivity index (χ4n) is 6.68. The first-order valence-corrected chi connectivity index (χ1v) is 15.6. The number of aryl methyl sites for hydroxylation is 2. The molecule has 2 aromatic carbocycles. The molecule has 0 radical (unpaired) electrons. The van der Waals surface area contributed by atoms with Gasteiger partial charge in [0.25, 0.3) is 10.0 Å². The predicted octanol–water partition coefficient (Wildman–Crippen LogP) is 4.28. The summed E-state index contributed by atoms with van der Waals surface area (Å²) in [6.07, 6.45) is 9.47. The Hall–Kier alpha value is -2.78. The van der Waals surface area contributed by atoms with Gasteiger partial charge in [0.15, 0.2) is 5.03 Å². The third-order valence-electron chi connectivity index (χ3n) is 9.05. The molecule has 3 atom stereocenters. The number of aliphatic hydroxyl groups excluding tert-OH is 1. The van der Waals surface area contributed by atoms with E-state index in [1.165, 1.54) is 22.3 Å². The van der Waals surface area contributed by atoms with Crippen LogP contribution in [0.3, 0.4) is 0 Å². The molecule has 0 spiro atoms. The molecule has 0 amide bonds. The van der Waals surface area contributed by atoms with Crippen LogP contribution < -0.4 is 0 Å². The first-order valence-electron chi connectivity index (χ1n) is 14.1. The highest BCUT2D eigenvalue weighted by Crippen LogP contribution is 2.42. The van der Waals surface area contributed by atoms with E-state index in [4.69, 9.17) is 0 Å². The van der Waals surface area contributed by atoms with Crippen molar-refractivity contribution in [3.63, 3.8) is 0 Å². The van der Waals surface area contributed by atoms with Gasteiger partial charge in [0.2, 0.25) is 0 Å². The minimum atomic E-state index is -3.73. The predicted molar refractivity (Wildman–Crippen MR) is 153 cm³/mol. The summed E-state index contributed by atoms with van der Waals surface area (Å²) in [5.41, 5.74) is 6.08. The molecule has 1 fully saturated rings. The summed E-state index contributed by atoms with van der Waals surface area (Å²) in [7, 11) is -3.73. The molecule has 1 saturated heterocycles. The van der Waals surface area contributed by atoms with Crippen LogP contribution in [0.4, 0.5) is 0 Å². The van der Waals surface area contributed by atoms with Crippen LogP contribution >= 0.6 is 0 Å². The van der Waals surface area contributed by atoms with Gasteiger partial charge < -0.3 is 9.67 Å². The first-order chi connectivity index (χ1) is 18.9. The molecule has 3 aliphatic heterocycles. The highest BCUT2D eigenvalue weighted by atomic mass is 32.2. The number of fused-ring (bicyclic) bond motifs is 2. The second-order valence-electron chi connectivity index (χ2n) is 11.2. The first kappa shape index (κ1) is 26.4. The standard InChI is InChI=1S/C31H38N4O3S/c1-22-9-8-10-26(23(22)2)24-12-14-25(15-13-24)31-27-20-33(16-6-7-17-34(27)28(31)21-36)39(37,38)30-19-32-29-11-4-3-5-18-35(29)30/h6-10,12-15,19,27-28,31,36H,3-5,11,16-18,20-21H2,1-2H3/b7-6-/t27-,28?,31-/m0/s1. The number of hydrogen-bond acceptors (Lipinski definition) is 5. The van der Waals surface area contributed by atoms with Crippen LogP contribution in [0, 0.1) is 13.8 Å². The molecule has 0 aliphatic carbocycles. The SMILES string of the molecule is Cc1cccc(-c2ccc([C@@H]3C(CO)N4C/C=C\CN(S(=O)(=O)c5cnc6n5CCCCC6)C[C@@H]34)cc2)c1C. The fraction of sp³-hybridized carbons (Fsp3) is 0.452. The maximum Gasteiger partial charge on any atom is 0.260 e. The Bertz CT molecular complexity index is 1480. The molecule has 3 aromatic rings. The zero-order valence-electron chi connectivity index (χ0n) is 22.8. The van der Waals surface area contributed by atoms with Gasteiger partial charge in [0, 0.05) is 50.6 Å². The highest BCUT2D eigenvalue weighted by molar-refractivity contribution is 7.89. The van der Waals surface area contributed by atoms with Crippen molar-refractivity contribution in [1.29, 1.82) is 0 Å². The smallest absolute Gasteiger partial charge is 0.260 e. The van der Waals surface area contributed by atoms with Crippen LogP contribution in [-0.4, -0.2) is 70.6 Å². The number of benzene rings is 2. The van der Waals surface area contributed by atoms with E-state index >= 15 is 0 Å². The van der Waals surface area contributed by atoms with Crippen molar-refractivity contribution >= 4 is 10.0 Å². The maximum atomic E-state index is 14.0. The Morgan fingerprint density at radius 1 is 1.00 bits per heavy atom. The topological polar surface area (TPSA) is 78.7 Å². The molecule has 8 heteroatoms. The molecule has 206 valence electrons. The van der Waals surface area contributed by atoms with Gasteiger partial charge in [-0.15, -0.1) is 0 Å². The second kappa shape index (κ2) is 10.7. The van der Waals surface area contributed by atoms with E-state index in [0.717, 1.165) is 37.1 Å². The van der Waals surface area contributed by atoms with E-state index in [9.17, 15) is 13.5 Å². The molecule has 0 saturated carbocycles. The summed E-state index contributed by atoms with van der Waals surface area (Å²) < 4.78 is 31.5. The van der Waals surface area contributed by atoms with Gasteiger partial charge in [-0.3, -0.25) is 4.90 Å². The normalized spacial score (nSPS) is 25.1. The molecule has 4 heterocycles. The maximum absolute atomic E-state index is 14.0. The van der Waals surface area contributed by atoms with Gasteiger partial charge in [0.05, 0.1) is 12.8 Å². The molecule has 1 N–H and O–H groups in total. The van der Waals surface area contributed by atoms with Crippen LogP contribution in [0.25, 0.3) is 11.1 Å². The number of imidazole rings is 1. The zero-order valence-corrected chi connectivity index (χ0v) is 23.6. The summed E-state index contributed by atoms with van der Waals surface area (Å²) in [5.74, 6) is 0.926. The molecule has 1 aromatic heterocycles. The molecule has 6 rings (SSSR count). The Kier molecular flexibility index (Phi) is 7.22. The average molecular weight is 547 g/mol. The Balaban J connectivity index is 1.30. The number of hydrogen-bond donors (Lipinski definition) is 1. The number of rotatable bonds is 5. The Morgan fingerprint density at radius 2 is 1.79 bits per heavy atom. The second-order valence-corrected chi connectivity index (χ2v) is 13.1. The van der Waals surface area contributed by atoms with Crippen LogP contribution in [0.5, 0.6) is 0 Å². The van der Waals surface area contributed by atoms with Crippen molar-refractivity contribution in [3.05, 3.63) is 83.3 Å². The van der Waals surface area contributed by atoms with Crippen molar-refractivity contribution in [2.45, 2.75) is 69.1 Å². The number of nitrogens with zero attached hydrogens (tertiary/aromatic N) is 4. The van der Waals surface area contributed by atoms with Gasteiger partial charge in [-0.2, -0.15) is 4.31 Å². The van der Waals surface area contributed by atoms with Gasteiger partial charge in [-0.1, -0.05) is 61.0 Å². The molecular weight excluding hydrogens is 508 g/mol. The van der Waals surface area contributed by atoms with Crippen molar-refractivity contribution in [2.75, 3.05) is 26.2 Å². The summed E-state index contributed by atoms with van der Waals surface area (Å²) in [5, 5.41) is 10.7. The third kappa shape index (κ3) is 4.67. The summed E-state index contributed by atoms with van der Waals surface area (Å²) >= 11 is 0. The van der Waals surface area contributed by atoms with Crippen LogP contribution in [0.1, 0.15) is 47.7 Å². The van der Waals surface area contributed by atoms with Crippen molar-refractivity contribution in [3.8, 4) is 11.1 Å². The van der Waals surface area contributed by atoms with Gasteiger partial charge in [0.1, 0.15) is 5.82 Å². The van der Waals surface area contributed by atoms with Crippen molar-refractivity contribution in [2.24, 2.45) is 0 Å². The molecule has 3 aliphatic rings. The van der Waals surface area contributed by atoms with E-state index in [1.54, 1.807) is 10.5 Å². The monoisotopic (exact) mass is 546 g/mol. The van der Waals surface area contributed by atoms with E-state index in [2.05, 4.69) is 66.2 Å². The molecule has 1 unspecified atom stereocenters. The van der Waals surface area contributed by atoms with Crippen molar-refractivity contribution in [1.82, 2.24) is 18.8 Å². The quantitative estimate of drug-likeness (QED) is 0.484. The van der Waals surface area contributed by atoms with E-state index < -0.39 is 10.0 Å². The van der Waals surface area contributed by atoms with Gasteiger partial charge in [-0.25, -0.2) is 13.4 Å². The van der Waals surface area contributed by atoms with Crippen LogP contribution in [0.15, 0.2) is 65.8 Å². The summed E-state index contributed by atoms with van der Waals surface area (Å²) in [6, 6.07) is 15.0. The molecular formula is C31H38N4O3S. The lowest BCUT2D eigenvalue weighted by Gasteiger charge is -2.56. The van der Waals surface area contributed by atoms with Gasteiger partial charge in [-0.05, 0) is 54.5 Å². The minimum Gasteiger partial charge on any atom is -0.395 e. The van der Waals surface area contributed by atoms with E-state index in [0.29, 0.717) is 31.2 Å². The average Bonchev–Trinajstić information content (AvgIpc) is 3.19. The highest BCUT2D eigenvalue weighted by Gasteiger charge is 2.50. The molecule has 39 heavy (non-hydrogen) atoms. The van der Waals surface area contributed by atoms with Crippen molar-refractivity contribution < 1.29 is 13.5 Å². The van der Waals surface area contributed by atoms with Crippen LogP contribution in [0.2, 0.25) is 0 Å². The lowest BCUT2D eigenvalue weighted by Crippen LogP contribution is -2.67. The third-order valence-corrected chi connectivity index (χ3v) is 10.9. The van der Waals surface area contributed by atoms with Crippen LogP contribution in [-0.2, 0) is 23.0 Å². The summed E-state index contributed by atoms with van der Waals surface area (Å²) in [6.45, 7) is 6.46. The number of sulfonamides is 1. The summed E-state index contributed by atoms with van der Waals surface area (Å²) in [4.78, 5) is 6.74. The number of aromatic nitrogens is 2. The lowest BCUT2D eigenvalue weighted by molar-refractivity contribution is -0.0415. The number of aliphatic hydroxyl groups is 1. The van der Waals surface area contributed by atoms with Gasteiger partial charge >= 0.3 is 0 Å². The van der Waals surface area contributed by atoms with E-state index in [1.807, 2.05) is 16.7 Å². The largest absolute Gasteiger partial charge is 0.395 e. The minimum absolute atomic E-state index is 0.0139. The lowest BCUT2D eigenvalue weighted by atomic mass is 9.74. The molecule has 7 nitrogen and oxygen atoms in total. The van der Waals surface area contributed by atoms with E-state index in [-0.39, 0.29) is 24.6 Å². The Labute approximate surface area is 231 Å². The Morgan fingerprint density at radius 3 is 2.59 bits per heavy atom.